The van der Waals surface area contributed by atoms with Crippen LogP contribution in [0.15, 0.2) is 24.3 Å². The van der Waals surface area contributed by atoms with Crippen molar-refractivity contribution in [2.75, 3.05) is 18.8 Å². The number of aliphatic hydroxyl groups is 1. The van der Waals surface area contributed by atoms with Gasteiger partial charge in [-0.25, -0.2) is 0 Å². The van der Waals surface area contributed by atoms with Crippen LogP contribution in [0.2, 0.25) is 0 Å². The van der Waals surface area contributed by atoms with E-state index in [-0.39, 0.29) is 0 Å². The average Bonchev–Trinajstić information content (AvgIpc) is 2.35. The highest BCUT2D eigenvalue weighted by Crippen LogP contribution is 2.28. The zero-order chi connectivity index (χ0) is 14.0. The number of nitrogens with zero attached hydrogens (tertiary/aromatic N) is 1. The van der Waals surface area contributed by atoms with E-state index in [0.717, 1.165) is 12.1 Å². The van der Waals surface area contributed by atoms with Gasteiger partial charge in [0.15, 0.2) is 0 Å². The van der Waals surface area contributed by atoms with E-state index in [1.165, 1.54) is 6.42 Å². The third kappa shape index (κ3) is 3.48. The molecule has 1 aliphatic rings. The largest absolute Gasteiger partial charge is 0.399 e. The molecule has 106 valence electrons. The zero-order valence-corrected chi connectivity index (χ0v) is 12.2. The summed E-state index contributed by atoms with van der Waals surface area (Å²) in [6, 6.07) is 8.10. The second kappa shape index (κ2) is 5.93. The van der Waals surface area contributed by atoms with Crippen LogP contribution >= 0.6 is 0 Å². The molecule has 1 saturated heterocycles. The van der Waals surface area contributed by atoms with Gasteiger partial charge in [0.2, 0.25) is 0 Å². The van der Waals surface area contributed by atoms with Crippen molar-refractivity contribution in [2.24, 2.45) is 11.8 Å². The number of nitrogens with two attached hydrogens (primary N) is 1. The molecule has 0 amide bonds. The van der Waals surface area contributed by atoms with Crippen LogP contribution in [0.5, 0.6) is 0 Å². The van der Waals surface area contributed by atoms with Crippen LogP contribution in [0.25, 0.3) is 0 Å². The molecular weight excluding hydrogens is 236 g/mol. The lowest BCUT2D eigenvalue weighted by Crippen LogP contribution is -2.47. The summed E-state index contributed by atoms with van der Waals surface area (Å²) in [5, 5.41) is 10.4. The smallest absolute Gasteiger partial charge is 0.0917 e. The maximum atomic E-state index is 10.4. The van der Waals surface area contributed by atoms with Gasteiger partial charge in [-0.1, -0.05) is 26.0 Å². The Balaban J connectivity index is 2.03. The molecule has 2 rings (SSSR count). The van der Waals surface area contributed by atoms with E-state index in [4.69, 9.17) is 5.73 Å². The summed E-state index contributed by atoms with van der Waals surface area (Å²) >= 11 is 0. The number of piperidine rings is 1. The molecule has 0 aliphatic carbocycles. The fraction of sp³-hybridized carbons (Fsp3) is 0.625. The first-order chi connectivity index (χ1) is 8.97. The van der Waals surface area contributed by atoms with Crippen molar-refractivity contribution in [3.05, 3.63) is 29.8 Å². The van der Waals surface area contributed by atoms with Gasteiger partial charge in [-0.15, -0.1) is 0 Å². The van der Waals surface area contributed by atoms with Crippen LogP contribution in [-0.4, -0.2) is 29.1 Å². The molecule has 0 bridgehead atoms. The fourth-order valence-electron chi connectivity index (χ4n) is 3.17. The Hall–Kier alpha value is -1.06. The Morgan fingerprint density at radius 1 is 1.37 bits per heavy atom. The van der Waals surface area contributed by atoms with Gasteiger partial charge in [0.1, 0.15) is 0 Å². The molecule has 0 radical (unpaired) electrons. The number of anilines is 1. The first-order valence-electron chi connectivity index (χ1n) is 7.25. The first kappa shape index (κ1) is 14.4. The highest BCUT2D eigenvalue weighted by Gasteiger charge is 2.29. The third-order valence-electron chi connectivity index (χ3n) is 4.42. The van der Waals surface area contributed by atoms with Crippen LogP contribution in [0.4, 0.5) is 5.69 Å². The normalized spacial score (nSPS) is 30.2. The highest BCUT2D eigenvalue weighted by atomic mass is 16.3. The molecule has 1 heterocycles. The summed E-state index contributed by atoms with van der Waals surface area (Å²) in [6.07, 6.45) is 0.829. The molecule has 3 heteroatoms. The molecule has 0 saturated carbocycles. The van der Waals surface area contributed by atoms with Gasteiger partial charge in [-0.2, -0.15) is 0 Å². The van der Waals surface area contributed by atoms with Gasteiger partial charge in [0.25, 0.3) is 0 Å². The number of benzene rings is 1. The van der Waals surface area contributed by atoms with Gasteiger partial charge in [-0.05, 0) is 42.9 Å². The van der Waals surface area contributed by atoms with Crippen molar-refractivity contribution >= 4 is 5.69 Å². The molecule has 0 aromatic heterocycles. The van der Waals surface area contributed by atoms with Gasteiger partial charge < -0.3 is 10.8 Å². The Bertz CT molecular complexity index is 421. The molecule has 3 N–H and O–H groups in total. The van der Waals surface area contributed by atoms with E-state index in [1.807, 2.05) is 24.3 Å². The fourth-order valence-corrected chi connectivity index (χ4v) is 3.17. The van der Waals surface area contributed by atoms with Crippen LogP contribution < -0.4 is 5.73 Å². The predicted octanol–water partition coefficient (Wildman–Crippen LogP) is 2.67. The minimum absolute atomic E-state index is 0.455. The van der Waals surface area contributed by atoms with E-state index in [9.17, 15) is 5.11 Å². The number of aliphatic hydroxyl groups excluding tert-OH is 1. The SMILES string of the molecule is CC1CC(C)C(C)N(CC(O)c2cccc(N)c2)C1. The van der Waals surface area contributed by atoms with E-state index >= 15 is 0 Å². The maximum absolute atomic E-state index is 10.4. The molecule has 19 heavy (non-hydrogen) atoms. The van der Waals surface area contributed by atoms with Crippen LogP contribution in [-0.2, 0) is 0 Å². The summed E-state index contributed by atoms with van der Waals surface area (Å²) in [5.41, 5.74) is 7.40. The van der Waals surface area contributed by atoms with Crippen molar-refractivity contribution in [3.8, 4) is 0 Å². The Morgan fingerprint density at radius 2 is 2.11 bits per heavy atom. The number of β-amino-alcohol motifs (C(OH)–C–C–N with tert-alkyl or cyclic N) is 1. The third-order valence-corrected chi connectivity index (χ3v) is 4.42. The van der Waals surface area contributed by atoms with Crippen molar-refractivity contribution in [1.29, 1.82) is 0 Å². The second-order valence-electron chi connectivity index (χ2n) is 6.20. The molecule has 0 spiro atoms. The highest BCUT2D eigenvalue weighted by molar-refractivity contribution is 5.41. The Morgan fingerprint density at radius 3 is 2.79 bits per heavy atom. The number of rotatable bonds is 3. The number of hydrogen-bond donors (Lipinski definition) is 2. The molecule has 3 nitrogen and oxygen atoms in total. The molecule has 1 aliphatic heterocycles. The van der Waals surface area contributed by atoms with Gasteiger partial charge in [0, 0.05) is 24.8 Å². The minimum Gasteiger partial charge on any atom is -0.399 e. The maximum Gasteiger partial charge on any atom is 0.0917 e. The summed E-state index contributed by atoms with van der Waals surface area (Å²) in [4.78, 5) is 2.41. The van der Waals surface area contributed by atoms with Crippen molar-refractivity contribution in [2.45, 2.75) is 39.3 Å². The molecule has 4 unspecified atom stereocenters. The van der Waals surface area contributed by atoms with Gasteiger partial charge >= 0.3 is 0 Å². The quantitative estimate of drug-likeness (QED) is 0.823. The standard InChI is InChI=1S/C16H26N2O/c1-11-7-12(2)13(3)18(9-11)10-16(19)14-5-4-6-15(17)8-14/h4-6,8,11-13,16,19H,7,9-10,17H2,1-3H3. The number of hydrogen-bond acceptors (Lipinski definition) is 3. The van der Waals surface area contributed by atoms with E-state index in [2.05, 4.69) is 25.7 Å². The topological polar surface area (TPSA) is 49.5 Å². The first-order valence-corrected chi connectivity index (χ1v) is 7.25. The van der Waals surface area contributed by atoms with Crippen LogP contribution in [0.3, 0.4) is 0 Å². The summed E-state index contributed by atoms with van der Waals surface area (Å²) in [6.45, 7) is 8.63. The van der Waals surface area contributed by atoms with Crippen molar-refractivity contribution in [1.82, 2.24) is 4.90 Å². The molecule has 1 fully saturated rings. The molecular formula is C16H26N2O. The lowest BCUT2D eigenvalue weighted by Gasteiger charge is -2.42. The second-order valence-corrected chi connectivity index (χ2v) is 6.20. The molecule has 1 aromatic rings. The summed E-state index contributed by atoms with van der Waals surface area (Å²) < 4.78 is 0. The van der Waals surface area contributed by atoms with Gasteiger partial charge in [-0.3, -0.25) is 4.90 Å². The van der Waals surface area contributed by atoms with E-state index < -0.39 is 6.10 Å². The number of likely N-dealkylation sites (tertiary alicyclic amines) is 1. The Labute approximate surface area is 116 Å². The van der Waals surface area contributed by atoms with Crippen molar-refractivity contribution in [3.63, 3.8) is 0 Å². The van der Waals surface area contributed by atoms with Gasteiger partial charge in [0.05, 0.1) is 6.10 Å². The van der Waals surface area contributed by atoms with Crippen LogP contribution in [0, 0.1) is 11.8 Å². The summed E-state index contributed by atoms with van der Waals surface area (Å²) in [7, 11) is 0. The van der Waals surface area contributed by atoms with E-state index in [1.54, 1.807) is 0 Å². The lowest BCUT2D eigenvalue weighted by molar-refractivity contribution is 0.0316. The molecule has 1 aromatic carbocycles. The average molecular weight is 262 g/mol. The van der Waals surface area contributed by atoms with E-state index in [0.29, 0.717) is 30.1 Å². The lowest BCUT2D eigenvalue weighted by atomic mass is 9.85. The van der Waals surface area contributed by atoms with Crippen molar-refractivity contribution < 1.29 is 5.11 Å². The summed E-state index contributed by atoms with van der Waals surface area (Å²) in [5.74, 6) is 1.40. The zero-order valence-electron chi connectivity index (χ0n) is 12.2. The monoisotopic (exact) mass is 262 g/mol. The van der Waals surface area contributed by atoms with Crippen LogP contribution in [0.1, 0.15) is 38.9 Å². The molecule has 4 atom stereocenters. The number of nitrogen functional groups attached to an aromatic ring is 1. The minimum atomic E-state index is -0.455. The predicted molar refractivity (Wildman–Crippen MR) is 79.8 cm³/mol. The Kier molecular flexibility index (Phi) is 4.48.